The van der Waals surface area contributed by atoms with E-state index in [0.717, 1.165) is 11.3 Å². The molecule has 0 amide bonds. The summed E-state index contributed by atoms with van der Waals surface area (Å²) in [4.78, 5) is 0. The van der Waals surface area contributed by atoms with Crippen molar-refractivity contribution < 1.29 is 14.6 Å². The van der Waals surface area contributed by atoms with Crippen molar-refractivity contribution in [3.05, 3.63) is 47.9 Å². The van der Waals surface area contributed by atoms with Gasteiger partial charge in [-0.1, -0.05) is 6.07 Å². The van der Waals surface area contributed by atoms with E-state index in [1.54, 1.807) is 12.3 Å². The Morgan fingerprint density at radius 3 is 2.71 bits per heavy atom. The molecule has 0 radical (unpaired) electrons. The molecule has 4 nitrogen and oxygen atoms in total. The van der Waals surface area contributed by atoms with Crippen LogP contribution in [0.1, 0.15) is 24.3 Å². The number of phenols is 2. The maximum Gasteiger partial charge on any atom is 0.157 e. The second-order valence-corrected chi connectivity index (χ2v) is 3.94. The molecule has 0 fully saturated rings. The topological polar surface area (TPSA) is 65.6 Å². The van der Waals surface area contributed by atoms with E-state index in [4.69, 9.17) is 4.42 Å². The Morgan fingerprint density at radius 2 is 2.06 bits per heavy atom. The standard InChI is InChI=1S/C13H15NO3/c1-9(13-3-2-6-17-13)14-8-10-4-5-11(15)12(16)7-10/h2-7,9,14-16H,8H2,1H3/t9-/m1/s1. The molecule has 90 valence electrons. The fourth-order valence-electron chi connectivity index (χ4n) is 1.59. The van der Waals surface area contributed by atoms with E-state index >= 15 is 0 Å². The Labute approximate surface area is 99.5 Å². The van der Waals surface area contributed by atoms with Gasteiger partial charge in [-0.3, -0.25) is 0 Å². The third-order valence-electron chi connectivity index (χ3n) is 2.62. The van der Waals surface area contributed by atoms with Gasteiger partial charge in [-0.15, -0.1) is 0 Å². The zero-order chi connectivity index (χ0) is 12.3. The van der Waals surface area contributed by atoms with E-state index in [2.05, 4.69) is 5.32 Å². The zero-order valence-corrected chi connectivity index (χ0v) is 9.55. The molecule has 0 saturated heterocycles. The predicted octanol–water partition coefficient (Wildman–Crippen LogP) is 2.54. The molecule has 2 aromatic rings. The Balaban J connectivity index is 1.96. The average molecular weight is 233 g/mol. The van der Waals surface area contributed by atoms with Crippen LogP contribution in [0.2, 0.25) is 0 Å². The lowest BCUT2D eigenvalue weighted by atomic mass is 10.2. The SMILES string of the molecule is C[C@@H](NCc1ccc(O)c(O)c1)c1ccco1. The summed E-state index contributed by atoms with van der Waals surface area (Å²) in [6.07, 6.45) is 1.64. The lowest BCUT2D eigenvalue weighted by Gasteiger charge is -2.11. The zero-order valence-electron chi connectivity index (χ0n) is 9.55. The third kappa shape index (κ3) is 2.79. The number of rotatable bonds is 4. The highest BCUT2D eigenvalue weighted by Crippen LogP contribution is 2.25. The Hall–Kier alpha value is -1.94. The van der Waals surface area contributed by atoms with Crippen LogP contribution >= 0.6 is 0 Å². The minimum absolute atomic E-state index is 0.0981. The number of nitrogens with one attached hydrogen (secondary N) is 1. The lowest BCUT2D eigenvalue weighted by molar-refractivity contribution is 0.401. The molecule has 1 aromatic heterocycles. The fourth-order valence-corrected chi connectivity index (χ4v) is 1.59. The van der Waals surface area contributed by atoms with Crippen molar-refractivity contribution >= 4 is 0 Å². The first-order valence-electron chi connectivity index (χ1n) is 5.44. The summed E-state index contributed by atoms with van der Waals surface area (Å²) in [5.41, 5.74) is 0.902. The normalized spacial score (nSPS) is 12.5. The van der Waals surface area contributed by atoms with Gasteiger partial charge in [-0.05, 0) is 36.8 Å². The maximum absolute atomic E-state index is 9.35. The van der Waals surface area contributed by atoms with E-state index in [-0.39, 0.29) is 17.5 Å². The number of furan rings is 1. The molecule has 1 atom stereocenters. The van der Waals surface area contributed by atoms with Gasteiger partial charge in [0.15, 0.2) is 11.5 Å². The highest BCUT2D eigenvalue weighted by atomic mass is 16.3. The maximum atomic E-state index is 9.35. The summed E-state index contributed by atoms with van der Waals surface area (Å²) in [6.45, 7) is 2.59. The van der Waals surface area contributed by atoms with Crippen LogP contribution in [0.15, 0.2) is 41.0 Å². The largest absolute Gasteiger partial charge is 0.504 e. The first kappa shape index (κ1) is 11.5. The Morgan fingerprint density at radius 1 is 1.24 bits per heavy atom. The predicted molar refractivity (Wildman–Crippen MR) is 63.7 cm³/mol. The van der Waals surface area contributed by atoms with Crippen LogP contribution in [0.3, 0.4) is 0 Å². The van der Waals surface area contributed by atoms with Crippen LogP contribution in [0.5, 0.6) is 11.5 Å². The molecule has 0 aliphatic heterocycles. The molecule has 0 aliphatic rings. The van der Waals surface area contributed by atoms with Crippen molar-refractivity contribution in [1.29, 1.82) is 0 Å². The Kier molecular flexibility index (Phi) is 3.35. The van der Waals surface area contributed by atoms with Crippen LogP contribution in [0.4, 0.5) is 0 Å². The summed E-state index contributed by atoms with van der Waals surface area (Å²) in [7, 11) is 0. The summed E-state index contributed by atoms with van der Waals surface area (Å²) in [5, 5.41) is 21.8. The highest BCUT2D eigenvalue weighted by molar-refractivity contribution is 5.40. The van der Waals surface area contributed by atoms with Crippen molar-refractivity contribution in [2.24, 2.45) is 0 Å². The van der Waals surface area contributed by atoms with E-state index in [0.29, 0.717) is 6.54 Å². The van der Waals surface area contributed by atoms with Crippen LogP contribution < -0.4 is 5.32 Å². The molecule has 3 N–H and O–H groups in total. The highest BCUT2D eigenvalue weighted by Gasteiger charge is 2.07. The monoisotopic (exact) mass is 233 g/mol. The van der Waals surface area contributed by atoms with Gasteiger partial charge in [-0.2, -0.15) is 0 Å². The molecular formula is C13H15NO3. The first-order chi connectivity index (χ1) is 8.16. The number of aromatic hydroxyl groups is 2. The molecule has 0 aliphatic carbocycles. The summed E-state index contributed by atoms with van der Waals surface area (Å²) in [5.74, 6) is 0.663. The first-order valence-corrected chi connectivity index (χ1v) is 5.44. The molecule has 0 saturated carbocycles. The van der Waals surface area contributed by atoms with E-state index in [1.165, 1.54) is 12.1 Å². The molecule has 0 unspecified atom stereocenters. The minimum Gasteiger partial charge on any atom is -0.504 e. The third-order valence-corrected chi connectivity index (χ3v) is 2.62. The van der Waals surface area contributed by atoms with Gasteiger partial charge < -0.3 is 19.9 Å². The summed E-state index contributed by atoms with van der Waals surface area (Å²) >= 11 is 0. The molecule has 17 heavy (non-hydrogen) atoms. The van der Waals surface area contributed by atoms with E-state index in [9.17, 15) is 10.2 Å². The molecule has 1 heterocycles. The average Bonchev–Trinajstić information content (AvgIpc) is 2.84. The second kappa shape index (κ2) is 4.93. The van der Waals surface area contributed by atoms with Crippen molar-refractivity contribution in [3.8, 4) is 11.5 Å². The lowest BCUT2D eigenvalue weighted by Crippen LogP contribution is -2.17. The van der Waals surface area contributed by atoms with Gasteiger partial charge >= 0.3 is 0 Å². The quantitative estimate of drug-likeness (QED) is 0.710. The van der Waals surface area contributed by atoms with Gasteiger partial charge in [0, 0.05) is 6.54 Å². The van der Waals surface area contributed by atoms with Crippen LogP contribution in [0.25, 0.3) is 0 Å². The number of hydrogen-bond donors (Lipinski definition) is 3. The minimum atomic E-state index is -0.104. The second-order valence-electron chi connectivity index (χ2n) is 3.94. The molecule has 2 rings (SSSR count). The van der Waals surface area contributed by atoms with Crippen molar-refractivity contribution in [3.63, 3.8) is 0 Å². The number of benzene rings is 1. The molecule has 0 spiro atoms. The Bertz CT molecular complexity index is 479. The smallest absolute Gasteiger partial charge is 0.157 e. The van der Waals surface area contributed by atoms with Crippen molar-refractivity contribution in [2.75, 3.05) is 0 Å². The van der Waals surface area contributed by atoms with Gasteiger partial charge in [0.1, 0.15) is 5.76 Å². The van der Waals surface area contributed by atoms with E-state index in [1.807, 2.05) is 19.1 Å². The summed E-state index contributed by atoms with van der Waals surface area (Å²) < 4.78 is 5.27. The van der Waals surface area contributed by atoms with Gasteiger partial charge in [-0.25, -0.2) is 0 Å². The van der Waals surface area contributed by atoms with Crippen LogP contribution in [-0.2, 0) is 6.54 Å². The van der Waals surface area contributed by atoms with Crippen molar-refractivity contribution in [2.45, 2.75) is 19.5 Å². The molecule has 4 heteroatoms. The number of hydrogen-bond acceptors (Lipinski definition) is 4. The molecule has 1 aromatic carbocycles. The summed E-state index contributed by atoms with van der Waals surface area (Å²) in [6, 6.07) is 8.63. The van der Waals surface area contributed by atoms with Crippen molar-refractivity contribution in [1.82, 2.24) is 5.32 Å². The molecular weight excluding hydrogens is 218 g/mol. The van der Waals surface area contributed by atoms with Gasteiger partial charge in [0.25, 0.3) is 0 Å². The van der Waals surface area contributed by atoms with Crippen LogP contribution in [0, 0.1) is 0 Å². The number of phenolic OH excluding ortho intramolecular Hbond substituents is 2. The van der Waals surface area contributed by atoms with Crippen LogP contribution in [-0.4, -0.2) is 10.2 Å². The fraction of sp³-hybridized carbons (Fsp3) is 0.231. The van der Waals surface area contributed by atoms with Gasteiger partial charge in [0.2, 0.25) is 0 Å². The van der Waals surface area contributed by atoms with Gasteiger partial charge in [0.05, 0.1) is 12.3 Å². The molecule has 0 bridgehead atoms. The van der Waals surface area contributed by atoms with E-state index < -0.39 is 0 Å².